The highest BCUT2D eigenvalue weighted by Crippen LogP contribution is 2.46. The van der Waals surface area contributed by atoms with Crippen molar-refractivity contribution >= 4 is 22.7 Å². The lowest BCUT2D eigenvalue weighted by Gasteiger charge is -2.47. The van der Waals surface area contributed by atoms with Crippen LogP contribution in [0.5, 0.6) is 0 Å². The molecule has 2 nitrogen and oxygen atoms in total. The second kappa shape index (κ2) is 7.00. The van der Waals surface area contributed by atoms with Crippen molar-refractivity contribution in [2.45, 2.75) is 58.0 Å². The molecule has 1 saturated heterocycles. The standard InChI is InChI=1S/C22H32N2S/c1-5-9-23-12-16(14-25-4)10-19-18-7-6-8-20-22(18)17(11-21(19)23)13-24(20)15(2)3/h6-8,13,15-16,19,21H,5,9-12,14H2,1-4H3/t16?,19-,21-/m0/s1. The van der Waals surface area contributed by atoms with E-state index in [2.05, 4.69) is 60.9 Å². The van der Waals surface area contributed by atoms with Crippen molar-refractivity contribution in [1.29, 1.82) is 0 Å². The second-order valence-electron chi connectivity index (χ2n) is 8.33. The maximum Gasteiger partial charge on any atom is 0.0488 e. The Morgan fingerprint density at radius 3 is 2.84 bits per heavy atom. The number of likely N-dealkylation sites (tertiary alicyclic amines) is 1. The summed E-state index contributed by atoms with van der Waals surface area (Å²) in [6.07, 6.45) is 8.59. The molecule has 1 aliphatic heterocycles. The molecule has 0 radical (unpaired) electrons. The van der Waals surface area contributed by atoms with Crippen LogP contribution in [0.25, 0.3) is 10.9 Å². The highest BCUT2D eigenvalue weighted by Gasteiger charge is 2.40. The van der Waals surface area contributed by atoms with Gasteiger partial charge in [0.05, 0.1) is 0 Å². The number of hydrogen-bond acceptors (Lipinski definition) is 2. The van der Waals surface area contributed by atoms with E-state index in [0.717, 1.165) is 11.8 Å². The fourth-order valence-electron chi connectivity index (χ4n) is 5.36. The van der Waals surface area contributed by atoms with Crippen molar-refractivity contribution in [3.63, 3.8) is 0 Å². The van der Waals surface area contributed by atoms with Crippen molar-refractivity contribution in [3.05, 3.63) is 35.5 Å². The molecule has 2 heterocycles. The second-order valence-corrected chi connectivity index (χ2v) is 9.24. The highest BCUT2D eigenvalue weighted by molar-refractivity contribution is 7.98. The lowest BCUT2D eigenvalue weighted by molar-refractivity contribution is 0.0926. The Bertz CT molecular complexity index is 748. The Morgan fingerprint density at radius 2 is 2.12 bits per heavy atom. The fraction of sp³-hybridized carbons (Fsp3) is 0.636. The highest BCUT2D eigenvalue weighted by atomic mass is 32.2. The van der Waals surface area contributed by atoms with E-state index in [1.165, 1.54) is 43.6 Å². The van der Waals surface area contributed by atoms with Crippen LogP contribution >= 0.6 is 11.8 Å². The van der Waals surface area contributed by atoms with Gasteiger partial charge in [-0.1, -0.05) is 19.1 Å². The molecule has 0 spiro atoms. The first kappa shape index (κ1) is 17.5. The molecule has 2 aliphatic rings. The van der Waals surface area contributed by atoms with Gasteiger partial charge in [-0.25, -0.2) is 0 Å². The van der Waals surface area contributed by atoms with E-state index in [9.17, 15) is 0 Å². The van der Waals surface area contributed by atoms with Crippen molar-refractivity contribution in [1.82, 2.24) is 9.47 Å². The van der Waals surface area contributed by atoms with E-state index in [-0.39, 0.29) is 0 Å². The van der Waals surface area contributed by atoms with Crippen LogP contribution in [0.4, 0.5) is 0 Å². The summed E-state index contributed by atoms with van der Waals surface area (Å²) >= 11 is 2.02. The third-order valence-corrected chi connectivity index (χ3v) is 7.09. The summed E-state index contributed by atoms with van der Waals surface area (Å²) in [6, 6.07) is 8.29. The molecule has 136 valence electrons. The van der Waals surface area contributed by atoms with E-state index in [1.807, 2.05) is 11.8 Å². The zero-order valence-corrected chi connectivity index (χ0v) is 17.0. The van der Waals surface area contributed by atoms with Gasteiger partial charge in [0.15, 0.2) is 0 Å². The molecule has 1 aromatic heterocycles. The maximum absolute atomic E-state index is 2.82. The minimum absolute atomic E-state index is 0.530. The summed E-state index contributed by atoms with van der Waals surface area (Å²) in [5.41, 5.74) is 4.68. The van der Waals surface area contributed by atoms with Gasteiger partial charge in [-0.2, -0.15) is 11.8 Å². The topological polar surface area (TPSA) is 8.17 Å². The van der Waals surface area contributed by atoms with Gasteiger partial charge in [-0.15, -0.1) is 0 Å². The molecule has 4 rings (SSSR count). The number of benzene rings is 1. The molecule has 3 atom stereocenters. The van der Waals surface area contributed by atoms with Crippen molar-refractivity contribution in [3.8, 4) is 0 Å². The van der Waals surface area contributed by atoms with Crippen LogP contribution in [0.15, 0.2) is 24.4 Å². The quantitative estimate of drug-likeness (QED) is 0.716. The predicted octanol–water partition coefficient (Wildman–Crippen LogP) is 5.33. The largest absolute Gasteiger partial charge is 0.345 e. The summed E-state index contributed by atoms with van der Waals surface area (Å²) in [5, 5.41) is 1.58. The van der Waals surface area contributed by atoms with Gasteiger partial charge in [0.2, 0.25) is 0 Å². The Morgan fingerprint density at radius 1 is 1.28 bits per heavy atom. The lowest BCUT2D eigenvalue weighted by atomic mass is 9.72. The minimum Gasteiger partial charge on any atom is -0.345 e. The van der Waals surface area contributed by atoms with Gasteiger partial charge in [0.1, 0.15) is 0 Å². The van der Waals surface area contributed by atoms with Crippen LogP contribution in [0, 0.1) is 5.92 Å². The number of fused-ring (bicyclic) bond motifs is 2. The summed E-state index contributed by atoms with van der Waals surface area (Å²) in [6.45, 7) is 9.49. The maximum atomic E-state index is 2.82. The number of thioether (sulfide) groups is 1. The van der Waals surface area contributed by atoms with Gasteiger partial charge in [0.25, 0.3) is 0 Å². The first-order chi connectivity index (χ1) is 12.1. The average molecular weight is 357 g/mol. The first-order valence-electron chi connectivity index (χ1n) is 9.99. The first-order valence-corrected chi connectivity index (χ1v) is 11.4. The molecule has 3 heteroatoms. The Kier molecular flexibility index (Phi) is 4.89. The summed E-state index contributed by atoms with van der Waals surface area (Å²) < 4.78 is 2.50. The Balaban J connectivity index is 1.80. The fourth-order valence-corrected chi connectivity index (χ4v) is 6.07. The van der Waals surface area contributed by atoms with Gasteiger partial charge >= 0.3 is 0 Å². The normalized spacial score (nSPS) is 26.4. The van der Waals surface area contributed by atoms with Crippen LogP contribution in [0.1, 0.15) is 56.7 Å². The molecule has 25 heavy (non-hydrogen) atoms. The number of aromatic nitrogens is 1. The SMILES string of the molecule is CCCN1CC(CSC)C[C@H]2c3cccc4c3c(cn4C(C)C)C[C@@H]21. The molecule has 1 unspecified atom stereocenters. The van der Waals surface area contributed by atoms with E-state index in [1.54, 1.807) is 16.5 Å². The smallest absolute Gasteiger partial charge is 0.0488 e. The zero-order chi connectivity index (χ0) is 17.6. The minimum atomic E-state index is 0.530. The van der Waals surface area contributed by atoms with Crippen LogP contribution in [0.2, 0.25) is 0 Å². The molecule has 0 N–H and O–H groups in total. The molecule has 0 saturated carbocycles. The van der Waals surface area contributed by atoms with E-state index >= 15 is 0 Å². The van der Waals surface area contributed by atoms with Gasteiger partial charge in [0, 0.05) is 41.6 Å². The Hall–Kier alpha value is -0.930. The molecule has 2 aromatic rings. The number of hydrogen-bond donors (Lipinski definition) is 0. The molecule has 1 fully saturated rings. The monoisotopic (exact) mass is 356 g/mol. The van der Waals surface area contributed by atoms with Crippen LogP contribution < -0.4 is 0 Å². The number of rotatable bonds is 5. The molecule has 0 amide bonds. The third kappa shape index (κ3) is 2.94. The molecule has 1 aliphatic carbocycles. The van der Waals surface area contributed by atoms with Crippen molar-refractivity contribution in [2.24, 2.45) is 5.92 Å². The van der Waals surface area contributed by atoms with Crippen LogP contribution in [-0.2, 0) is 6.42 Å². The summed E-state index contributed by atoms with van der Waals surface area (Å²) in [4.78, 5) is 2.82. The summed E-state index contributed by atoms with van der Waals surface area (Å²) in [7, 11) is 0. The van der Waals surface area contributed by atoms with Gasteiger partial charge in [-0.3, -0.25) is 4.90 Å². The van der Waals surface area contributed by atoms with E-state index in [0.29, 0.717) is 12.1 Å². The van der Waals surface area contributed by atoms with Gasteiger partial charge < -0.3 is 4.57 Å². The Labute approximate surface area is 157 Å². The molecular formula is C22H32N2S. The van der Waals surface area contributed by atoms with Crippen LogP contribution in [0.3, 0.4) is 0 Å². The molecular weight excluding hydrogens is 324 g/mol. The average Bonchev–Trinajstić information content (AvgIpc) is 2.97. The summed E-state index contributed by atoms with van der Waals surface area (Å²) in [5.74, 6) is 2.86. The van der Waals surface area contributed by atoms with Crippen molar-refractivity contribution in [2.75, 3.05) is 25.1 Å². The third-order valence-electron chi connectivity index (χ3n) is 6.28. The molecule has 0 bridgehead atoms. The molecule has 1 aromatic carbocycles. The number of nitrogens with zero attached hydrogens (tertiary/aromatic N) is 2. The van der Waals surface area contributed by atoms with Crippen LogP contribution in [-0.4, -0.2) is 40.6 Å². The van der Waals surface area contributed by atoms with E-state index in [4.69, 9.17) is 0 Å². The zero-order valence-electron chi connectivity index (χ0n) is 16.2. The number of piperidine rings is 1. The lowest BCUT2D eigenvalue weighted by Crippen LogP contribution is -2.50. The van der Waals surface area contributed by atoms with E-state index < -0.39 is 0 Å². The van der Waals surface area contributed by atoms with Crippen molar-refractivity contribution < 1.29 is 0 Å². The predicted molar refractivity (Wildman–Crippen MR) is 111 cm³/mol. The van der Waals surface area contributed by atoms with Gasteiger partial charge in [-0.05, 0) is 74.8 Å².